The van der Waals surface area contributed by atoms with Crippen molar-refractivity contribution in [2.24, 2.45) is 0 Å². The van der Waals surface area contributed by atoms with Crippen LogP contribution in [0.3, 0.4) is 0 Å². The van der Waals surface area contributed by atoms with Gasteiger partial charge in [0.2, 0.25) is 11.6 Å². The van der Waals surface area contributed by atoms with Gasteiger partial charge in [0.15, 0.2) is 5.82 Å². The molecule has 0 atom stereocenters. The van der Waals surface area contributed by atoms with E-state index < -0.39 is 5.97 Å². The number of rotatable bonds is 8. The van der Waals surface area contributed by atoms with Crippen molar-refractivity contribution in [2.45, 2.75) is 33.2 Å². The molecule has 0 radical (unpaired) electrons. The zero-order valence-electron chi connectivity index (χ0n) is 16.5. The summed E-state index contributed by atoms with van der Waals surface area (Å²) < 4.78 is 1.72. The van der Waals surface area contributed by atoms with Crippen molar-refractivity contribution in [2.75, 3.05) is 0 Å². The van der Waals surface area contributed by atoms with E-state index in [2.05, 4.69) is 10.1 Å². The lowest BCUT2D eigenvalue weighted by molar-refractivity contribution is 0.0697. The summed E-state index contributed by atoms with van der Waals surface area (Å²) in [6.45, 7) is 4.29. The summed E-state index contributed by atoms with van der Waals surface area (Å²) in [6.07, 6.45) is 5.07. The maximum atomic E-state index is 12.0. The number of aromatic carboxylic acids is 1. The summed E-state index contributed by atoms with van der Waals surface area (Å²) in [4.78, 5) is 27.8. The van der Waals surface area contributed by atoms with Crippen LogP contribution in [0, 0.1) is 0 Å². The number of hydrogen-bond donors (Lipinski definition) is 1. The summed E-state index contributed by atoms with van der Waals surface area (Å²) in [5, 5.41) is 13.8. The number of ketones is 1. The van der Waals surface area contributed by atoms with Gasteiger partial charge >= 0.3 is 5.97 Å². The zero-order valence-corrected chi connectivity index (χ0v) is 16.5. The normalized spacial score (nSPS) is 11.1. The first kappa shape index (κ1) is 20.2. The molecule has 0 unspecified atom stereocenters. The van der Waals surface area contributed by atoms with E-state index in [-0.39, 0.29) is 17.2 Å². The van der Waals surface area contributed by atoms with Crippen LogP contribution in [0.1, 0.15) is 59.1 Å². The Bertz CT molecular complexity index is 1050. The molecule has 0 aliphatic carbocycles. The number of aromatic nitrogens is 3. The van der Waals surface area contributed by atoms with E-state index in [0.717, 1.165) is 17.5 Å². The number of allylic oxidation sites excluding steroid dienone is 1. The van der Waals surface area contributed by atoms with Crippen LogP contribution in [0.5, 0.6) is 0 Å². The van der Waals surface area contributed by atoms with E-state index in [0.29, 0.717) is 24.4 Å². The topological polar surface area (TPSA) is 85.1 Å². The minimum Gasteiger partial charge on any atom is -0.478 e. The first-order valence-corrected chi connectivity index (χ1v) is 9.59. The Labute approximate surface area is 169 Å². The smallest absolute Gasteiger partial charge is 0.336 e. The third-order valence-electron chi connectivity index (χ3n) is 4.53. The Morgan fingerprint density at radius 2 is 1.79 bits per heavy atom. The molecule has 1 heterocycles. The average molecular weight is 389 g/mol. The van der Waals surface area contributed by atoms with Gasteiger partial charge in [-0.05, 0) is 35.3 Å². The SMILES string of the molecule is CCC=Cc1nc(C(=O)CC)nn1Cc1ccc(-c2ccccc2C(=O)O)cc1. The molecule has 6 nitrogen and oxygen atoms in total. The van der Waals surface area contributed by atoms with Crippen molar-refractivity contribution in [1.29, 1.82) is 0 Å². The fourth-order valence-electron chi connectivity index (χ4n) is 2.98. The summed E-state index contributed by atoms with van der Waals surface area (Å²) in [5.74, 6) is -0.164. The predicted molar refractivity (Wildman–Crippen MR) is 112 cm³/mol. The molecular formula is C23H23N3O3. The molecule has 1 N–H and O–H groups in total. The van der Waals surface area contributed by atoms with Gasteiger partial charge in [-0.2, -0.15) is 0 Å². The highest BCUT2D eigenvalue weighted by Crippen LogP contribution is 2.24. The van der Waals surface area contributed by atoms with E-state index in [4.69, 9.17) is 0 Å². The first-order valence-electron chi connectivity index (χ1n) is 9.59. The summed E-state index contributed by atoms with van der Waals surface area (Å²) in [6, 6.07) is 14.6. The highest BCUT2D eigenvalue weighted by molar-refractivity contribution is 5.96. The molecule has 148 valence electrons. The molecule has 0 spiro atoms. The average Bonchev–Trinajstić information content (AvgIpc) is 3.14. The Morgan fingerprint density at radius 3 is 2.45 bits per heavy atom. The van der Waals surface area contributed by atoms with Crippen molar-refractivity contribution in [1.82, 2.24) is 14.8 Å². The molecule has 3 aromatic rings. The van der Waals surface area contributed by atoms with Crippen LogP contribution in [0.2, 0.25) is 0 Å². The Balaban J connectivity index is 1.88. The molecule has 0 fully saturated rings. The Hall–Kier alpha value is -3.54. The van der Waals surface area contributed by atoms with Gasteiger partial charge in [0.1, 0.15) is 0 Å². The summed E-state index contributed by atoms with van der Waals surface area (Å²) in [5.41, 5.74) is 2.76. The number of carboxylic acid groups (broad SMARTS) is 1. The largest absolute Gasteiger partial charge is 0.478 e. The molecule has 1 aromatic heterocycles. The third-order valence-corrected chi connectivity index (χ3v) is 4.53. The van der Waals surface area contributed by atoms with Gasteiger partial charge < -0.3 is 5.11 Å². The molecule has 0 saturated heterocycles. The van der Waals surface area contributed by atoms with E-state index in [1.165, 1.54) is 0 Å². The van der Waals surface area contributed by atoms with Gasteiger partial charge in [0.25, 0.3) is 0 Å². The minimum absolute atomic E-state index is 0.0875. The van der Waals surface area contributed by atoms with E-state index in [1.807, 2.05) is 49.4 Å². The van der Waals surface area contributed by atoms with E-state index >= 15 is 0 Å². The van der Waals surface area contributed by atoms with Crippen LogP contribution in [0.4, 0.5) is 0 Å². The van der Waals surface area contributed by atoms with Gasteiger partial charge in [-0.25, -0.2) is 14.5 Å². The highest BCUT2D eigenvalue weighted by atomic mass is 16.4. The van der Waals surface area contributed by atoms with E-state index in [1.54, 1.807) is 29.8 Å². The maximum absolute atomic E-state index is 12.0. The molecular weight excluding hydrogens is 366 g/mol. The molecule has 0 aliphatic rings. The quantitative estimate of drug-likeness (QED) is 0.564. The molecule has 2 aromatic carbocycles. The molecule has 29 heavy (non-hydrogen) atoms. The number of carboxylic acids is 1. The van der Waals surface area contributed by atoms with Crippen LogP contribution in [-0.2, 0) is 6.54 Å². The Kier molecular flexibility index (Phi) is 6.34. The van der Waals surface area contributed by atoms with Crippen molar-refractivity contribution >= 4 is 17.8 Å². The minimum atomic E-state index is -0.951. The van der Waals surface area contributed by atoms with Crippen LogP contribution in [-0.4, -0.2) is 31.6 Å². The first-order chi connectivity index (χ1) is 14.0. The van der Waals surface area contributed by atoms with Gasteiger partial charge in [-0.1, -0.05) is 62.4 Å². The van der Waals surface area contributed by atoms with Gasteiger partial charge in [0, 0.05) is 6.42 Å². The fraction of sp³-hybridized carbons (Fsp3) is 0.217. The molecule has 0 amide bonds. The molecule has 0 aliphatic heterocycles. The van der Waals surface area contributed by atoms with Crippen LogP contribution < -0.4 is 0 Å². The highest BCUT2D eigenvalue weighted by Gasteiger charge is 2.14. The number of nitrogens with zero attached hydrogens (tertiary/aromatic N) is 3. The lowest BCUT2D eigenvalue weighted by Gasteiger charge is -2.08. The van der Waals surface area contributed by atoms with Gasteiger partial charge in [-0.3, -0.25) is 4.79 Å². The van der Waals surface area contributed by atoms with Crippen molar-refractivity contribution < 1.29 is 14.7 Å². The van der Waals surface area contributed by atoms with Crippen molar-refractivity contribution in [3.05, 3.63) is 77.4 Å². The Morgan fingerprint density at radius 1 is 1.07 bits per heavy atom. The molecule has 0 saturated carbocycles. The summed E-state index contributed by atoms with van der Waals surface area (Å²) in [7, 11) is 0. The van der Waals surface area contributed by atoms with Crippen LogP contribution >= 0.6 is 0 Å². The second-order valence-corrected chi connectivity index (χ2v) is 6.59. The third kappa shape index (κ3) is 4.66. The number of Topliss-reactive ketones (excluding diaryl/α,β-unsaturated/α-hetero) is 1. The number of carbonyl (C=O) groups excluding carboxylic acids is 1. The lowest BCUT2D eigenvalue weighted by atomic mass is 9.99. The predicted octanol–water partition coefficient (Wildman–Crippen LogP) is 4.71. The zero-order chi connectivity index (χ0) is 20.8. The van der Waals surface area contributed by atoms with Crippen LogP contribution in [0.25, 0.3) is 17.2 Å². The molecule has 0 bridgehead atoms. The van der Waals surface area contributed by atoms with Crippen molar-refractivity contribution in [3.8, 4) is 11.1 Å². The fourth-order valence-corrected chi connectivity index (χ4v) is 2.98. The number of hydrogen-bond acceptors (Lipinski definition) is 4. The molecule has 6 heteroatoms. The van der Waals surface area contributed by atoms with Gasteiger partial charge in [-0.15, -0.1) is 5.10 Å². The van der Waals surface area contributed by atoms with E-state index in [9.17, 15) is 14.7 Å². The summed E-state index contributed by atoms with van der Waals surface area (Å²) >= 11 is 0. The second kappa shape index (κ2) is 9.10. The maximum Gasteiger partial charge on any atom is 0.336 e. The van der Waals surface area contributed by atoms with Gasteiger partial charge in [0.05, 0.1) is 12.1 Å². The molecule has 3 rings (SSSR count). The lowest BCUT2D eigenvalue weighted by Crippen LogP contribution is -2.06. The number of benzene rings is 2. The van der Waals surface area contributed by atoms with Crippen molar-refractivity contribution in [3.63, 3.8) is 0 Å². The van der Waals surface area contributed by atoms with Crippen LogP contribution in [0.15, 0.2) is 54.6 Å². The second-order valence-electron chi connectivity index (χ2n) is 6.59. The monoisotopic (exact) mass is 389 g/mol. The number of carbonyl (C=O) groups is 2. The standard InChI is InChI=1S/C23H23N3O3/c1-3-5-10-21-24-22(20(27)4-2)25-26(21)15-16-11-13-17(14-12-16)18-8-6-7-9-19(18)23(28)29/h5-14H,3-4,15H2,1-2H3,(H,28,29).